The summed E-state index contributed by atoms with van der Waals surface area (Å²) < 4.78 is 15.6. The molecule has 3 rings (SSSR count). The zero-order chi connectivity index (χ0) is 22.9. The number of carbonyl (C=O) groups excluding carboxylic acids is 2. The highest BCUT2D eigenvalue weighted by molar-refractivity contribution is 6.58. The Morgan fingerprint density at radius 3 is 1.66 bits per heavy atom. The van der Waals surface area contributed by atoms with Crippen molar-refractivity contribution in [2.75, 3.05) is 0 Å². The molecule has 0 bridgehead atoms. The smallest absolute Gasteiger partial charge is 0.504 e. The first-order valence-electron chi connectivity index (χ1n) is 9.69. The van der Waals surface area contributed by atoms with Crippen molar-refractivity contribution in [2.24, 2.45) is 0 Å². The summed E-state index contributed by atoms with van der Waals surface area (Å²) in [5.41, 5.74) is 2.24. The quantitative estimate of drug-likeness (QED) is 0.333. The van der Waals surface area contributed by atoms with Crippen LogP contribution in [0, 0.1) is 0 Å². The molecule has 162 valence electrons. The van der Waals surface area contributed by atoms with E-state index in [9.17, 15) is 9.59 Å². The first-order valence-corrected chi connectivity index (χ1v) is 9.69. The van der Waals surface area contributed by atoms with Crippen molar-refractivity contribution in [3.8, 4) is 5.75 Å². The van der Waals surface area contributed by atoms with Crippen LogP contribution in [0.3, 0.4) is 0 Å². The van der Waals surface area contributed by atoms with E-state index in [0.717, 1.165) is 0 Å². The summed E-state index contributed by atoms with van der Waals surface area (Å²) in [7, 11) is -2.07. The van der Waals surface area contributed by atoms with Gasteiger partial charge in [-0.25, -0.2) is 9.59 Å². The van der Waals surface area contributed by atoms with Crippen LogP contribution >= 0.6 is 0 Å². The van der Waals surface area contributed by atoms with Crippen LogP contribution in [0.1, 0.15) is 31.8 Å². The van der Waals surface area contributed by atoms with Gasteiger partial charge in [0.25, 0.3) is 0 Å². The van der Waals surface area contributed by atoms with Crippen LogP contribution in [0.2, 0.25) is 0 Å². The summed E-state index contributed by atoms with van der Waals surface area (Å²) in [5, 5.41) is 27.0. The number of benzene rings is 3. The predicted molar refractivity (Wildman–Crippen MR) is 117 cm³/mol. The lowest BCUT2D eigenvalue weighted by atomic mass is 9.80. The van der Waals surface area contributed by atoms with Crippen molar-refractivity contribution in [2.45, 2.75) is 13.2 Å². The molecule has 0 unspecified atom stereocenters. The largest absolute Gasteiger partial charge is 0.539 e. The highest BCUT2D eigenvalue weighted by Crippen LogP contribution is 2.16. The van der Waals surface area contributed by atoms with Crippen LogP contribution in [-0.4, -0.2) is 41.8 Å². The lowest BCUT2D eigenvalue weighted by Crippen LogP contribution is -2.29. The van der Waals surface area contributed by atoms with Crippen molar-refractivity contribution in [1.29, 1.82) is 0 Å². The molecule has 0 heterocycles. The summed E-state index contributed by atoms with van der Waals surface area (Å²) >= 11 is 0. The van der Waals surface area contributed by atoms with Crippen molar-refractivity contribution >= 4 is 32.2 Å². The molecule has 8 nitrogen and oxygen atoms in total. The topological polar surface area (TPSA) is 123 Å². The molecule has 0 aliphatic carbocycles. The molecule has 3 aromatic rings. The third-order valence-corrected chi connectivity index (χ3v) is 4.60. The molecular weight excluding hydrogens is 414 g/mol. The van der Waals surface area contributed by atoms with Gasteiger partial charge in [-0.3, -0.25) is 0 Å². The first kappa shape index (κ1) is 23.1. The van der Waals surface area contributed by atoms with Crippen molar-refractivity contribution in [3.05, 3.63) is 95.1 Å². The van der Waals surface area contributed by atoms with Crippen LogP contribution < -0.4 is 10.1 Å². The Kier molecular flexibility index (Phi) is 8.04. The number of hydrogen-bond donors (Lipinski definition) is 3. The lowest BCUT2D eigenvalue weighted by Gasteiger charge is -2.11. The molecule has 0 aliphatic rings. The van der Waals surface area contributed by atoms with Gasteiger partial charge in [0.05, 0.1) is 11.1 Å². The molecule has 0 saturated carbocycles. The molecule has 0 fully saturated rings. The molecule has 32 heavy (non-hydrogen) atoms. The second-order valence-corrected chi connectivity index (χ2v) is 6.71. The fourth-order valence-corrected chi connectivity index (χ4v) is 2.85. The third kappa shape index (κ3) is 6.21. The van der Waals surface area contributed by atoms with E-state index in [2.05, 4.69) is 0 Å². The Balaban J connectivity index is 1.58. The first-order chi connectivity index (χ1) is 15.5. The maximum atomic E-state index is 12.3. The summed E-state index contributed by atoms with van der Waals surface area (Å²) in [6, 6.07) is 19.0. The maximum Gasteiger partial charge on any atom is 0.504 e. The van der Waals surface area contributed by atoms with Gasteiger partial charge in [0.15, 0.2) is 0 Å². The minimum absolute atomic E-state index is 0.00939. The van der Waals surface area contributed by atoms with E-state index >= 15 is 0 Å². The van der Waals surface area contributed by atoms with Gasteiger partial charge in [0.2, 0.25) is 0 Å². The normalized spacial score (nSPS) is 10.2. The van der Waals surface area contributed by atoms with Crippen LogP contribution in [0.15, 0.2) is 72.8 Å². The molecule has 10 heteroatoms. The average Bonchev–Trinajstić information content (AvgIpc) is 2.82. The second kappa shape index (κ2) is 11.1. The van der Waals surface area contributed by atoms with E-state index in [1.165, 1.54) is 36.4 Å². The Hall–Kier alpha value is -3.59. The molecule has 3 N–H and O–H groups in total. The Labute approximate surface area is 185 Å². The summed E-state index contributed by atoms with van der Waals surface area (Å²) in [6.07, 6.45) is 0. The second-order valence-electron chi connectivity index (χ2n) is 6.71. The van der Waals surface area contributed by atoms with Gasteiger partial charge < -0.3 is 29.2 Å². The molecule has 0 saturated heterocycles. The van der Waals surface area contributed by atoms with Gasteiger partial charge in [-0.2, -0.15) is 0 Å². The van der Waals surface area contributed by atoms with Gasteiger partial charge in [-0.1, -0.05) is 36.4 Å². The van der Waals surface area contributed by atoms with Gasteiger partial charge in [0, 0.05) is 0 Å². The molecule has 0 radical (unpaired) electrons. The van der Waals surface area contributed by atoms with Crippen molar-refractivity contribution in [3.63, 3.8) is 0 Å². The lowest BCUT2D eigenvalue weighted by molar-refractivity contribution is 0.0435. The van der Waals surface area contributed by atoms with E-state index in [-0.39, 0.29) is 24.2 Å². The minimum atomic E-state index is -1.61. The maximum absolute atomic E-state index is 12.3. The van der Waals surface area contributed by atoms with Crippen molar-refractivity contribution in [1.82, 2.24) is 0 Å². The van der Waals surface area contributed by atoms with Crippen LogP contribution in [0.25, 0.3) is 0 Å². The molecule has 3 aromatic carbocycles. The monoisotopic (exact) mass is 434 g/mol. The van der Waals surface area contributed by atoms with E-state index in [4.69, 9.17) is 29.2 Å². The number of carbonyl (C=O) groups is 2. The van der Waals surface area contributed by atoms with Crippen molar-refractivity contribution < 1.29 is 38.8 Å². The number of hydrogen-bond acceptors (Lipinski definition) is 8. The van der Waals surface area contributed by atoms with Crippen LogP contribution in [-0.2, 0) is 22.7 Å². The highest BCUT2D eigenvalue weighted by atomic mass is 16.5. The Morgan fingerprint density at radius 2 is 1.22 bits per heavy atom. The Bertz CT molecular complexity index is 1050. The minimum Gasteiger partial charge on any atom is -0.539 e. The van der Waals surface area contributed by atoms with Gasteiger partial charge in [-0.15, -0.1) is 0 Å². The zero-order valence-electron chi connectivity index (χ0n) is 17.0. The fourth-order valence-electron chi connectivity index (χ4n) is 2.85. The highest BCUT2D eigenvalue weighted by Gasteiger charge is 2.14. The fraction of sp³-hybridized carbons (Fsp3) is 0.0909. The van der Waals surface area contributed by atoms with E-state index in [1.54, 1.807) is 36.4 Å². The van der Waals surface area contributed by atoms with Gasteiger partial charge >= 0.3 is 26.7 Å². The van der Waals surface area contributed by atoms with E-state index in [0.29, 0.717) is 22.4 Å². The molecule has 0 spiro atoms. The summed E-state index contributed by atoms with van der Waals surface area (Å²) in [6.45, 7) is -0.0331. The van der Waals surface area contributed by atoms with Gasteiger partial charge in [0.1, 0.15) is 19.0 Å². The molecular formula is C22H20B2O8. The standard InChI is InChI=1S/C22H20B2O8/c25-21(15-5-9-19(10-6-15)24(28)29)30-13-17-3-1-2-4-18(17)14-31-22(26)16-7-11-20(12-8-16)32-23-27/h1-12,23,27-29H,13-14H2. The number of esters is 2. The summed E-state index contributed by atoms with van der Waals surface area (Å²) in [4.78, 5) is 24.6. The Morgan fingerprint density at radius 1 is 0.750 bits per heavy atom. The summed E-state index contributed by atoms with van der Waals surface area (Å²) in [5.74, 6) is -0.669. The molecule has 0 atom stereocenters. The molecule has 0 aromatic heterocycles. The van der Waals surface area contributed by atoms with Crippen LogP contribution in [0.4, 0.5) is 0 Å². The van der Waals surface area contributed by atoms with Crippen LogP contribution in [0.5, 0.6) is 5.75 Å². The van der Waals surface area contributed by atoms with Gasteiger partial charge in [-0.05, 0) is 53.0 Å². The van der Waals surface area contributed by atoms with E-state index < -0.39 is 26.7 Å². The average molecular weight is 434 g/mol. The number of ether oxygens (including phenoxy) is 2. The molecule has 0 aliphatic heterocycles. The molecule has 0 amide bonds. The number of rotatable bonds is 9. The van der Waals surface area contributed by atoms with E-state index in [1.807, 2.05) is 0 Å². The predicted octanol–water partition coefficient (Wildman–Crippen LogP) is 0.718. The zero-order valence-corrected chi connectivity index (χ0v) is 17.0. The SMILES string of the molecule is O=C(OCc1ccccc1COC(=O)c1ccc(B(O)O)cc1)c1ccc(OBO)cc1. The third-order valence-electron chi connectivity index (χ3n) is 4.60.